The van der Waals surface area contributed by atoms with Gasteiger partial charge in [-0.15, -0.1) is 0 Å². The minimum Gasteiger partial charge on any atom is -0.469 e. The molecule has 1 aliphatic rings. The molecule has 0 amide bonds. The van der Waals surface area contributed by atoms with Gasteiger partial charge in [0.2, 0.25) is 0 Å². The molecule has 1 aromatic carbocycles. The fourth-order valence-electron chi connectivity index (χ4n) is 2.88. The van der Waals surface area contributed by atoms with Gasteiger partial charge in [-0.05, 0) is 49.5 Å². The monoisotopic (exact) mass is 404 g/mol. The average molecular weight is 405 g/mol. The van der Waals surface area contributed by atoms with Crippen LogP contribution >= 0.6 is 0 Å². The molecule has 2 rings (SSSR count). The van der Waals surface area contributed by atoms with Crippen LogP contribution in [0.2, 0.25) is 0 Å². The zero-order chi connectivity index (χ0) is 20.4. The fraction of sp³-hybridized carbons (Fsp3) is 0.409. The van der Waals surface area contributed by atoms with Gasteiger partial charge >= 0.3 is 5.97 Å². The molecule has 1 aliphatic carbocycles. The SMILES string of the molecule is COCO[C@@H]1C/C=C\C[C@H](CC(=O)OC)/C=C1/C=C\S(=O)c1ccc(C)cc1. The van der Waals surface area contributed by atoms with Crippen molar-refractivity contribution in [1.82, 2.24) is 0 Å². The Morgan fingerprint density at radius 1 is 1.18 bits per heavy atom. The lowest BCUT2D eigenvalue weighted by atomic mass is 9.92. The van der Waals surface area contributed by atoms with Crippen molar-refractivity contribution in [3.8, 4) is 0 Å². The van der Waals surface area contributed by atoms with E-state index in [4.69, 9.17) is 14.2 Å². The summed E-state index contributed by atoms with van der Waals surface area (Å²) in [5.74, 6) is -0.263. The molecule has 28 heavy (non-hydrogen) atoms. The molecule has 0 N–H and O–H groups in total. The van der Waals surface area contributed by atoms with E-state index in [1.165, 1.54) is 7.11 Å². The zero-order valence-electron chi connectivity index (χ0n) is 16.6. The summed E-state index contributed by atoms with van der Waals surface area (Å²) in [5, 5.41) is 1.67. The summed E-state index contributed by atoms with van der Waals surface area (Å²) >= 11 is 0. The van der Waals surface area contributed by atoms with Crippen molar-refractivity contribution < 1.29 is 23.2 Å². The predicted octanol–water partition coefficient (Wildman–Crippen LogP) is 4.06. The number of aryl methyl sites for hydroxylation is 1. The zero-order valence-corrected chi connectivity index (χ0v) is 17.4. The molecule has 1 unspecified atom stereocenters. The van der Waals surface area contributed by atoms with Gasteiger partial charge in [0.1, 0.15) is 6.79 Å². The second kappa shape index (κ2) is 11.7. The molecule has 0 saturated heterocycles. The highest BCUT2D eigenvalue weighted by molar-refractivity contribution is 7.88. The highest BCUT2D eigenvalue weighted by Crippen LogP contribution is 2.24. The number of esters is 1. The van der Waals surface area contributed by atoms with Gasteiger partial charge in [0.05, 0.1) is 30.4 Å². The minimum absolute atomic E-state index is 0.00916. The Balaban J connectivity index is 2.24. The van der Waals surface area contributed by atoms with Gasteiger partial charge in [0.25, 0.3) is 0 Å². The number of carbonyl (C=O) groups is 1. The van der Waals surface area contributed by atoms with Gasteiger partial charge in [-0.3, -0.25) is 4.79 Å². The molecule has 6 heteroatoms. The van der Waals surface area contributed by atoms with Crippen LogP contribution in [0.25, 0.3) is 0 Å². The molecule has 0 radical (unpaired) electrons. The highest BCUT2D eigenvalue weighted by Gasteiger charge is 2.19. The number of benzene rings is 1. The maximum Gasteiger partial charge on any atom is 0.306 e. The third kappa shape index (κ3) is 7.19. The summed E-state index contributed by atoms with van der Waals surface area (Å²) in [6, 6.07) is 7.61. The first kappa shape index (κ1) is 22.3. The average Bonchev–Trinajstić information content (AvgIpc) is 2.68. The first-order chi connectivity index (χ1) is 13.5. The third-order valence-electron chi connectivity index (χ3n) is 4.44. The first-order valence-corrected chi connectivity index (χ1v) is 10.4. The normalized spacial score (nSPS) is 24.0. The molecule has 5 nitrogen and oxygen atoms in total. The predicted molar refractivity (Wildman–Crippen MR) is 110 cm³/mol. The lowest BCUT2D eigenvalue weighted by Crippen LogP contribution is -2.19. The van der Waals surface area contributed by atoms with Crippen LogP contribution in [0.1, 0.15) is 24.8 Å². The van der Waals surface area contributed by atoms with E-state index in [9.17, 15) is 9.00 Å². The summed E-state index contributed by atoms with van der Waals surface area (Å²) in [6.45, 7) is 2.15. The van der Waals surface area contributed by atoms with Gasteiger partial charge in [-0.25, -0.2) is 4.21 Å². The molecule has 0 aromatic heterocycles. The molecule has 3 atom stereocenters. The van der Waals surface area contributed by atoms with Crippen molar-refractivity contribution >= 4 is 16.8 Å². The minimum atomic E-state index is -1.27. The summed E-state index contributed by atoms with van der Waals surface area (Å²) in [6.07, 6.45) is 9.43. The Bertz CT molecular complexity index is 749. The summed E-state index contributed by atoms with van der Waals surface area (Å²) in [5.41, 5.74) is 2.01. The molecule has 1 aromatic rings. The summed E-state index contributed by atoms with van der Waals surface area (Å²) < 4.78 is 28.3. The Morgan fingerprint density at radius 2 is 1.89 bits per heavy atom. The lowest BCUT2D eigenvalue weighted by Gasteiger charge is -2.21. The molecule has 0 saturated carbocycles. The van der Waals surface area contributed by atoms with E-state index >= 15 is 0 Å². The number of methoxy groups -OCH3 is 2. The number of hydrogen-bond donors (Lipinski definition) is 0. The molecule has 0 aliphatic heterocycles. The van der Waals surface area contributed by atoms with E-state index in [1.807, 2.05) is 49.4 Å². The number of ether oxygens (including phenoxy) is 3. The van der Waals surface area contributed by atoms with Crippen molar-refractivity contribution in [2.24, 2.45) is 5.92 Å². The number of hydrogen-bond acceptors (Lipinski definition) is 5. The van der Waals surface area contributed by atoms with E-state index in [-0.39, 0.29) is 31.2 Å². The lowest BCUT2D eigenvalue weighted by molar-refractivity contribution is -0.141. The quantitative estimate of drug-likeness (QED) is 0.371. The van der Waals surface area contributed by atoms with Crippen LogP contribution in [-0.2, 0) is 29.8 Å². The number of rotatable bonds is 8. The smallest absolute Gasteiger partial charge is 0.306 e. The van der Waals surface area contributed by atoms with Gasteiger partial charge in [0, 0.05) is 17.4 Å². The second-order valence-corrected chi connectivity index (χ2v) is 7.96. The molecule has 0 heterocycles. The van der Waals surface area contributed by atoms with Crippen LogP contribution in [0.15, 0.2) is 64.4 Å². The van der Waals surface area contributed by atoms with Crippen LogP contribution in [0.4, 0.5) is 0 Å². The summed E-state index contributed by atoms with van der Waals surface area (Å²) in [7, 11) is 1.70. The van der Waals surface area contributed by atoms with Crippen molar-refractivity contribution in [3.63, 3.8) is 0 Å². The molecule has 0 fully saturated rings. The van der Waals surface area contributed by atoms with E-state index in [1.54, 1.807) is 12.5 Å². The number of carbonyl (C=O) groups excluding carboxylic acids is 1. The van der Waals surface area contributed by atoms with E-state index < -0.39 is 10.8 Å². The van der Waals surface area contributed by atoms with Gasteiger partial charge in [-0.2, -0.15) is 0 Å². The molecule has 0 spiro atoms. The van der Waals surface area contributed by atoms with Crippen LogP contribution < -0.4 is 0 Å². The standard InChI is InChI=1S/C22H28O5S/c1-17-8-10-20(11-9-17)28(24)13-12-19-14-18(15-22(23)26-3)6-4-5-7-21(19)27-16-25-2/h4-5,8-14,18,21H,6-7,15-16H2,1-3H3/b5-4-,13-12-,19-14-/t18-,21+,28?/m0/s1. The van der Waals surface area contributed by atoms with Crippen LogP contribution in [0.5, 0.6) is 0 Å². The highest BCUT2D eigenvalue weighted by atomic mass is 32.2. The van der Waals surface area contributed by atoms with Crippen molar-refractivity contribution in [1.29, 1.82) is 0 Å². The molecular formula is C22H28O5S. The Labute approximate surface area is 169 Å². The molecular weight excluding hydrogens is 376 g/mol. The van der Waals surface area contributed by atoms with Crippen molar-refractivity contribution in [2.75, 3.05) is 21.0 Å². The largest absolute Gasteiger partial charge is 0.469 e. The second-order valence-electron chi connectivity index (χ2n) is 6.62. The van der Waals surface area contributed by atoms with Gasteiger partial charge in [-0.1, -0.05) is 35.9 Å². The first-order valence-electron chi connectivity index (χ1n) is 9.23. The van der Waals surface area contributed by atoms with E-state index in [0.29, 0.717) is 6.42 Å². The van der Waals surface area contributed by atoms with Gasteiger partial charge < -0.3 is 14.2 Å². The van der Waals surface area contributed by atoms with E-state index in [0.717, 1.165) is 22.5 Å². The van der Waals surface area contributed by atoms with Crippen molar-refractivity contribution in [2.45, 2.75) is 37.2 Å². The van der Waals surface area contributed by atoms with E-state index in [2.05, 4.69) is 6.08 Å². The van der Waals surface area contributed by atoms with Crippen LogP contribution in [0, 0.1) is 12.8 Å². The van der Waals surface area contributed by atoms with Crippen LogP contribution in [-0.4, -0.2) is 37.3 Å². The summed E-state index contributed by atoms with van der Waals surface area (Å²) in [4.78, 5) is 12.5. The third-order valence-corrected chi connectivity index (χ3v) is 5.56. The molecule has 152 valence electrons. The Hall–Kier alpha value is -2.02. The Kier molecular flexibility index (Phi) is 9.34. The van der Waals surface area contributed by atoms with Crippen molar-refractivity contribution in [3.05, 3.63) is 65.1 Å². The van der Waals surface area contributed by atoms with Crippen LogP contribution in [0.3, 0.4) is 0 Å². The molecule has 0 bridgehead atoms. The number of allylic oxidation sites excluding steroid dienone is 2. The Morgan fingerprint density at radius 3 is 2.57 bits per heavy atom. The maximum atomic E-state index is 12.6. The fourth-order valence-corrected chi connectivity index (χ4v) is 3.72. The topological polar surface area (TPSA) is 61.8 Å². The maximum absolute atomic E-state index is 12.6. The van der Waals surface area contributed by atoms with Gasteiger partial charge in [0.15, 0.2) is 0 Å².